The first-order chi connectivity index (χ1) is 15.4. The van der Waals surface area contributed by atoms with Gasteiger partial charge in [0.1, 0.15) is 5.82 Å². The second kappa shape index (κ2) is 15.5. The summed E-state index contributed by atoms with van der Waals surface area (Å²) in [4.78, 5) is 12.7. The van der Waals surface area contributed by atoms with E-state index in [1.54, 1.807) is 11.8 Å². The number of nitrogens with zero attached hydrogens (tertiary/aromatic N) is 3. The number of fused-ring (bicyclic) bond motifs is 1. The predicted octanol–water partition coefficient (Wildman–Crippen LogP) is 7.91. The molecule has 1 saturated carbocycles. The highest BCUT2D eigenvalue weighted by Gasteiger charge is 2.18. The number of hydrogen-bond donors (Lipinski definition) is 1. The highest BCUT2D eigenvalue weighted by molar-refractivity contribution is 8.05. The number of para-hydroxylation sites is 1. The van der Waals surface area contributed by atoms with Crippen LogP contribution in [-0.2, 0) is 0 Å². The average Bonchev–Trinajstić information content (AvgIpc) is 2.83. The van der Waals surface area contributed by atoms with E-state index in [1.807, 2.05) is 44.6 Å². The minimum atomic E-state index is 0.751. The molecular formula is C27H42N4S. The molecule has 0 unspecified atom stereocenters. The molecule has 4 nitrogen and oxygen atoms in total. The first-order valence-corrected chi connectivity index (χ1v) is 12.5. The largest absolute Gasteiger partial charge is 0.362 e. The van der Waals surface area contributed by atoms with Crippen LogP contribution in [0.25, 0.3) is 10.9 Å². The van der Waals surface area contributed by atoms with Crippen molar-refractivity contribution in [2.45, 2.75) is 52.9 Å². The maximum Gasteiger partial charge on any atom is 0.225 e. The zero-order valence-electron chi connectivity index (χ0n) is 20.7. The molecule has 1 aliphatic carbocycles. The Hall–Kier alpha value is -2.27. The minimum absolute atomic E-state index is 0.751. The standard InChI is InChI=1S/C18H26N4.C7H12S.C2H4/c1-13-8-10-14(11-9-13)12-19-18-20-16-7-5-4-6-15(16)17(21-18)22(2)3;1-4-6-8-7(3)5-2;1-2/h4-7,13-14H,8-12H2,1-3H3,(H,19,20,21);4,6H,3,5H2,1-2H3;1-2H2/b;6-4-;. The average molecular weight is 455 g/mol. The third-order valence-electron chi connectivity index (χ3n) is 5.46. The molecule has 0 aliphatic heterocycles. The quantitative estimate of drug-likeness (QED) is 0.430. The summed E-state index contributed by atoms with van der Waals surface area (Å²) in [6.45, 7) is 17.3. The Morgan fingerprint density at radius 1 is 1.16 bits per heavy atom. The van der Waals surface area contributed by atoms with Crippen LogP contribution in [0.2, 0.25) is 0 Å². The van der Waals surface area contributed by atoms with Gasteiger partial charge in [0, 0.05) is 26.0 Å². The molecule has 1 aromatic heterocycles. The van der Waals surface area contributed by atoms with E-state index in [4.69, 9.17) is 4.98 Å². The van der Waals surface area contributed by atoms with Gasteiger partial charge in [0.2, 0.25) is 5.95 Å². The van der Waals surface area contributed by atoms with Gasteiger partial charge in [-0.3, -0.25) is 0 Å². The van der Waals surface area contributed by atoms with Gasteiger partial charge >= 0.3 is 0 Å². The molecule has 0 spiro atoms. The van der Waals surface area contributed by atoms with Crippen molar-refractivity contribution >= 4 is 34.4 Å². The predicted molar refractivity (Wildman–Crippen MR) is 147 cm³/mol. The zero-order chi connectivity index (χ0) is 23.9. The first kappa shape index (κ1) is 27.8. The molecule has 1 N–H and O–H groups in total. The fourth-order valence-corrected chi connectivity index (χ4v) is 3.99. The summed E-state index contributed by atoms with van der Waals surface area (Å²) in [6, 6.07) is 8.20. The van der Waals surface area contributed by atoms with Gasteiger partial charge in [-0.2, -0.15) is 4.98 Å². The fourth-order valence-electron chi connectivity index (χ4n) is 3.50. The molecule has 0 atom stereocenters. The van der Waals surface area contributed by atoms with Crippen molar-refractivity contribution in [3.8, 4) is 0 Å². The fraction of sp³-hybridized carbons (Fsp3) is 0.481. The summed E-state index contributed by atoms with van der Waals surface area (Å²) < 4.78 is 0. The third-order valence-corrected chi connectivity index (χ3v) is 6.49. The zero-order valence-corrected chi connectivity index (χ0v) is 21.5. The van der Waals surface area contributed by atoms with E-state index < -0.39 is 0 Å². The number of nitrogens with one attached hydrogen (secondary N) is 1. The van der Waals surface area contributed by atoms with Gasteiger partial charge in [-0.25, -0.2) is 4.98 Å². The van der Waals surface area contributed by atoms with Crippen molar-refractivity contribution in [2.75, 3.05) is 30.9 Å². The third kappa shape index (κ3) is 9.47. The Labute approximate surface area is 200 Å². The number of anilines is 2. The van der Waals surface area contributed by atoms with E-state index in [-0.39, 0.29) is 0 Å². The van der Waals surface area contributed by atoms with Crippen LogP contribution in [0.4, 0.5) is 11.8 Å². The summed E-state index contributed by atoms with van der Waals surface area (Å²) in [5.74, 6) is 3.38. The van der Waals surface area contributed by atoms with E-state index in [9.17, 15) is 0 Å². The number of aromatic nitrogens is 2. The van der Waals surface area contributed by atoms with Crippen LogP contribution >= 0.6 is 11.8 Å². The molecule has 2 aromatic rings. The van der Waals surface area contributed by atoms with E-state index in [1.165, 1.54) is 30.6 Å². The molecule has 0 saturated heterocycles. The molecule has 0 amide bonds. The van der Waals surface area contributed by atoms with Crippen molar-refractivity contribution in [3.63, 3.8) is 0 Å². The van der Waals surface area contributed by atoms with E-state index in [0.717, 1.165) is 47.5 Å². The van der Waals surface area contributed by atoms with Crippen molar-refractivity contribution in [2.24, 2.45) is 11.8 Å². The number of thioether (sulfide) groups is 1. The Morgan fingerprint density at radius 3 is 2.41 bits per heavy atom. The molecule has 0 bridgehead atoms. The van der Waals surface area contributed by atoms with E-state index in [0.29, 0.717) is 0 Å². The van der Waals surface area contributed by atoms with Crippen LogP contribution in [0.5, 0.6) is 0 Å². The number of hydrogen-bond acceptors (Lipinski definition) is 5. The van der Waals surface area contributed by atoms with Crippen LogP contribution in [0.1, 0.15) is 52.9 Å². The molecule has 1 heterocycles. The summed E-state index contributed by atoms with van der Waals surface area (Å²) in [5.41, 5.74) is 1.00. The molecule has 5 heteroatoms. The van der Waals surface area contributed by atoms with Gasteiger partial charge < -0.3 is 10.2 Å². The molecule has 1 fully saturated rings. The normalized spacial score (nSPS) is 17.7. The Bertz CT molecular complexity index is 839. The van der Waals surface area contributed by atoms with E-state index >= 15 is 0 Å². The monoisotopic (exact) mass is 454 g/mol. The summed E-state index contributed by atoms with van der Waals surface area (Å²) >= 11 is 1.70. The van der Waals surface area contributed by atoms with Gasteiger partial charge in [0.05, 0.1) is 5.52 Å². The maximum atomic E-state index is 4.70. The number of rotatable bonds is 7. The van der Waals surface area contributed by atoms with Crippen molar-refractivity contribution in [1.82, 2.24) is 9.97 Å². The van der Waals surface area contributed by atoms with Gasteiger partial charge in [-0.05, 0) is 60.5 Å². The van der Waals surface area contributed by atoms with Gasteiger partial charge in [0.15, 0.2) is 0 Å². The van der Waals surface area contributed by atoms with Crippen LogP contribution in [-0.4, -0.2) is 30.6 Å². The molecule has 3 rings (SSSR count). The Morgan fingerprint density at radius 2 is 1.81 bits per heavy atom. The highest BCUT2D eigenvalue weighted by Crippen LogP contribution is 2.29. The van der Waals surface area contributed by atoms with Gasteiger partial charge in [-0.1, -0.05) is 51.5 Å². The number of benzene rings is 1. The summed E-state index contributed by atoms with van der Waals surface area (Å²) in [6.07, 6.45) is 8.44. The highest BCUT2D eigenvalue weighted by atomic mass is 32.2. The molecule has 0 radical (unpaired) electrons. The second-order valence-electron chi connectivity index (χ2n) is 8.27. The van der Waals surface area contributed by atoms with Gasteiger partial charge in [0.25, 0.3) is 0 Å². The van der Waals surface area contributed by atoms with Crippen molar-refractivity contribution in [3.05, 3.63) is 60.4 Å². The maximum absolute atomic E-state index is 4.70. The Kier molecular flexibility index (Phi) is 13.5. The lowest BCUT2D eigenvalue weighted by atomic mass is 9.83. The van der Waals surface area contributed by atoms with Gasteiger partial charge in [-0.15, -0.1) is 24.9 Å². The molecule has 1 aliphatic rings. The van der Waals surface area contributed by atoms with E-state index in [2.05, 4.69) is 60.9 Å². The van der Waals surface area contributed by atoms with Crippen LogP contribution in [0.15, 0.2) is 60.4 Å². The molecular weight excluding hydrogens is 412 g/mol. The Balaban J connectivity index is 0.000000436. The summed E-state index contributed by atoms with van der Waals surface area (Å²) in [7, 11) is 4.06. The van der Waals surface area contributed by atoms with Crippen molar-refractivity contribution in [1.29, 1.82) is 0 Å². The lowest BCUT2D eigenvalue weighted by Gasteiger charge is -2.26. The SMILES string of the molecule is C=C.C=C(CC)S/C=C\C.CC1CCC(CNc2nc(N(C)C)c3ccccc3n2)CC1. The lowest BCUT2D eigenvalue weighted by molar-refractivity contribution is 0.300. The topological polar surface area (TPSA) is 41.1 Å². The molecule has 32 heavy (non-hydrogen) atoms. The van der Waals surface area contributed by atoms with Crippen LogP contribution < -0.4 is 10.2 Å². The molecule has 176 valence electrons. The molecule has 1 aromatic carbocycles. The van der Waals surface area contributed by atoms with Crippen LogP contribution in [0.3, 0.4) is 0 Å². The first-order valence-electron chi connectivity index (χ1n) is 11.6. The smallest absolute Gasteiger partial charge is 0.225 e. The minimum Gasteiger partial charge on any atom is -0.362 e. The second-order valence-corrected chi connectivity index (χ2v) is 9.35. The van der Waals surface area contributed by atoms with Crippen molar-refractivity contribution < 1.29 is 0 Å². The lowest BCUT2D eigenvalue weighted by Crippen LogP contribution is -2.21. The summed E-state index contributed by atoms with van der Waals surface area (Å²) in [5, 5.41) is 6.62. The number of allylic oxidation sites excluding steroid dienone is 2. The van der Waals surface area contributed by atoms with Crippen LogP contribution in [0, 0.1) is 11.8 Å².